The fourth-order valence-electron chi connectivity index (χ4n) is 4.89. The number of benzene rings is 1. The Bertz CT molecular complexity index is 1440. The van der Waals surface area contributed by atoms with Gasteiger partial charge in [0, 0.05) is 42.9 Å². The van der Waals surface area contributed by atoms with Crippen LogP contribution in [0, 0.1) is 18.6 Å². The third-order valence-electron chi connectivity index (χ3n) is 6.90. The summed E-state index contributed by atoms with van der Waals surface area (Å²) in [6, 6.07) is 7.82. The summed E-state index contributed by atoms with van der Waals surface area (Å²) in [5, 5.41) is 3.10. The largest absolute Gasteiger partial charge is 0.325 e. The second-order valence-electron chi connectivity index (χ2n) is 9.72. The van der Waals surface area contributed by atoms with Crippen molar-refractivity contribution >= 4 is 22.8 Å². The van der Waals surface area contributed by atoms with Crippen molar-refractivity contribution in [2.75, 3.05) is 11.9 Å². The topological polar surface area (TPSA) is 71.8 Å². The number of rotatable bonds is 5. The van der Waals surface area contributed by atoms with Crippen molar-refractivity contribution in [1.82, 2.24) is 29.4 Å². The molecule has 1 aliphatic carbocycles. The van der Waals surface area contributed by atoms with Crippen molar-refractivity contribution in [2.45, 2.75) is 58.7 Å². The van der Waals surface area contributed by atoms with Crippen molar-refractivity contribution in [3.8, 4) is 11.3 Å². The molecular formula is C26H27F2N7. The number of nitrogens with one attached hydrogen (secondary N) is 1. The van der Waals surface area contributed by atoms with Gasteiger partial charge in [-0.2, -0.15) is 0 Å². The molecule has 1 aromatic carbocycles. The van der Waals surface area contributed by atoms with Gasteiger partial charge in [-0.25, -0.2) is 28.7 Å². The Hall–Kier alpha value is -3.46. The molecule has 4 aromatic rings. The highest BCUT2D eigenvalue weighted by Gasteiger charge is 2.28. The minimum absolute atomic E-state index is 0.0371. The number of pyridine rings is 1. The minimum atomic E-state index is -0.615. The first-order valence-electron chi connectivity index (χ1n) is 12.1. The molecule has 0 radical (unpaired) electrons. The Morgan fingerprint density at radius 3 is 2.66 bits per heavy atom. The number of aromatic nitrogens is 5. The van der Waals surface area contributed by atoms with Gasteiger partial charge in [0.25, 0.3) is 0 Å². The van der Waals surface area contributed by atoms with Gasteiger partial charge < -0.3 is 9.88 Å². The van der Waals surface area contributed by atoms with Gasteiger partial charge >= 0.3 is 0 Å². The van der Waals surface area contributed by atoms with Gasteiger partial charge in [-0.15, -0.1) is 0 Å². The maximum atomic E-state index is 15.0. The summed E-state index contributed by atoms with van der Waals surface area (Å²) < 4.78 is 31.8. The van der Waals surface area contributed by atoms with Gasteiger partial charge in [-0.3, -0.25) is 4.90 Å². The van der Waals surface area contributed by atoms with Crippen molar-refractivity contribution < 1.29 is 8.78 Å². The van der Waals surface area contributed by atoms with Crippen molar-refractivity contribution in [3.63, 3.8) is 0 Å². The number of aryl methyl sites for hydroxylation is 1. The number of fused-ring (bicyclic) bond motifs is 2. The quantitative estimate of drug-likeness (QED) is 0.421. The van der Waals surface area contributed by atoms with E-state index in [4.69, 9.17) is 4.98 Å². The lowest BCUT2D eigenvalue weighted by molar-refractivity contribution is 0.202. The molecular weight excluding hydrogens is 448 g/mol. The first kappa shape index (κ1) is 22.0. The summed E-state index contributed by atoms with van der Waals surface area (Å²) in [6.45, 7) is 8.10. The highest BCUT2D eigenvalue weighted by atomic mass is 19.1. The third-order valence-corrected chi connectivity index (χ3v) is 6.90. The average molecular weight is 476 g/mol. The minimum Gasteiger partial charge on any atom is -0.325 e. The molecule has 0 atom stereocenters. The number of hydrogen-bond donors (Lipinski definition) is 1. The smallest absolute Gasteiger partial charge is 0.229 e. The molecule has 0 spiro atoms. The molecule has 0 amide bonds. The maximum Gasteiger partial charge on any atom is 0.229 e. The number of halogens is 2. The number of imidazole rings is 1. The molecule has 1 N–H and O–H groups in total. The zero-order chi connectivity index (χ0) is 24.3. The van der Waals surface area contributed by atoms with Crippen LogP contribution in [-0.2, 0) is 13.0 Å². The third kappa shape index (κ3) is 4.03. The van der Waals surface area contributed by atoms with Gasteiger partial charge in [-0.1, -0.05) is 6.07 Å². The lowest BCUT2D eigenvalue weighted by atomic mass is 10.0. The van der Waals surface area contributed by atoms with Crippen molar-refractivity contribution in [2.24, 2.45) is 0 Å². The first-order valence-corrected chi connectivity index (χ1v) is 12.1. The van der Waals surface area contributed by atoms with Crippen LogP contribution in [0.2, 0.25) is 0 Å². The van der Waals surface area contributed by atoms with Gasteiger partial charge in [0.2, 0.25) is 5.95 Å². The lowest BCUT2D eigenvalue weighted by Crippen LogP contribution is -2.36. The van der Waals surface area contributed by atoms with Gasteiger partial charge in [-0.05, 0) is 57.4 Å². The molecule has 0 bridgehead atoms. The zero-order valence-corrected chi connectivity index (χ0v) is 20.0. The highest BCUT2D eigenvalue weighted by Crippen LogP contribution is 2.40. The summed E-state index contributed by atoms with van der Waals surface area (Å²) in [5.74, 6) is 0.471. The summed E-state index contributed by atoms with van der Waals surface area (Å²) in [5.41, 5.74) is 3.62. The van der Waals surface area contributed by atoms with E-state index in [1.807, 2.05) is 17.6 Å². The van der Waals surface area contributed by atoms with Crippen LogP contribution in [-0.4, -0.2) is 42.0 Å². The molecule has 0 unspecified atom stereocenters. The van der Waals surface area contributed by atoms with E-state index in [2.05, 4.69) is 45.1 Å². The van der Waals surface area contributed by atoms with E-state index in [9.17, 15) is 8.78 Å². The highest BCUT2D eigenvalue weighted by molar-refractivity contribution is 5.83. The van der Waals surface area contributed by atoms with Crippen molar-refractivity contribution in [3.05, 3.63) is 59.2 Å². The van der Waals surface area contributed by atoms with Crippen LogP contribution in [0.5, 0.6) is 0 Å². The molecule has 2 aliphatic rings. The van der Waals surface area contributed by atoms with Crippen LogP contribution in [0.25, 0.3) is 22.3 Å². The fourth-order valence-corrected chi connectivity index (χ4v) is 4.89. The van der Waals surface area contributed by atoms with Crippen LogP contribution < -0.4 is 5.32 Å². The summed E-state index contributed by atoms with van der Waals surface area (Å²) in [4.78, 5) is 20.0. The van der Waals surface area contributed by atoms with E-state index in [1.165, 1.54) is 11.6 Å². The molecule has 35 heavy (non-hydrogen) atoms. The predicted octanol–water partition coefficient (Wildman–Crippen LogP) is 5.32. The predicted molar refractivity (Wildman–Crippen MR) is 130 cm³/mol. The number of anilines is 2. The van der Waals surface area contributed by atoms with Crippen LogP contribution in [0.3, 0.4) is 0 Å². The summed E-state index contributed by atoms with van der Waals surface area (Å²) in [6.07, 6.45) is 4.05. The van der Waals surface area contributed by atoms with Gasteiger partial charge in [0.1, 0.15) is 22.9 Å². The second kappa shape index (κ2) is 8.34. The van der Waals surface area contributed by atoms with Crippen LogP contribution in [0.4, 0.5) is 20.5 Å². The van der Waals surface area contributed by atoms with Crippen LogP contribution in [0.15, 0.2) is 30.5 Å². The van der Waals surface area contributed by atoms with Crippen LogP contribution >= 0.6 is 0 Å². The van der Waals surface area contributed by atoms with E-state index in [1.54, 1.807) is 6.07 Å². The monoisotopic (exact) mass is 475 g/mol. The summed E-state index contributed by atoms with van der Waals surface area (Å²) in [7, 11) is 0. The molecule has 7 nitrogen and oxygen atoms in total. The lowest BCUT2D eigenvalue weighted by Gasteiger charge is -2.31. The first-order chi connectivity index (χ1) is 16.9. The van der Waals surface area contributed by atoms with E-state index in [0.29, 0.717) is 34.5 Å². The fraction of sp³-hybridized carbons (Fsp3) is 0.385. The van der Waals surface area contributed by atoms with E-state index in [0.717, 1.165) is 50.1 Å². The molecule has 4 heterocycles. The number of nitrogens with zero attached hydrogens (tertiary/aromatic N) is 6. The van der Waals surface area contributed by atoms with Crippen molar-refractivity contribution in [1.29, 1.82) is 0 Å². The molecule has 6 rings (SSSR count). The van der Waals surface area contributed by atoms with Gasteiger partial charge in [0.15, 0.2) is 11.6 Å². The molecule has 1 aliphatic heterocycles. The second-order valence-corrected chi connectivity index (χ2v) is 9.72. The van der Waals surface area contributed by atoms with E-state index < -0.39 is 11.6 Å². The Morgan fingerprint density at radius 1 is 1.06 bits per heavy atom. The summed E-state index contributed by atoms with van der Waals surface area (Å²) >= 11 is 0. The Morgan fingerprint density at radius 2 is 1.89 bits per heavy atom. The molecule has 3 aromatic heterocycles. The SMILES string of the molecule is Cc1nc2c(F)cc(-c3nc(Nc4ccc5c(n4)CCN(C(C)C)C5)ncc3F)cc2n1C1CC1. The molecule has 9 heteroatoms. The van der Waals surface area contributed by atoms with E-state index >= 15 is 0 Å². The average Bonchev–Trinajstić information content (AvgIpc) is 3.61. The number of hydrogen-bond acceptors (Lipinski definition) is 6. The Labute approximate surface area is 202 Å². The van der Waals surface area contributed by atoms with Gasteiger partial charge in [0.05, 0.1) is 11.7 Å². The molecule has 180 valence electrons. The van der Waals surface area contributed by atoms with Crippen LogP contribution in [0.1, 0.15) is 49.8 Å². The molecule has 1 saturated carbocycles. The van der Waals surface area contributed by atoms with E-state index in [-0.39, 0.29) is 11.6 Å². The zero-order valence-electron chi connectivity index (χ0n) is 20.0. The Balaban J connectivity index is 1.32. The molecule has 1 fully saturated rings. The molecule has 0 saturated heterocycles. The Kier molecular flexibility index (Phi) is 5.25. The maximum absolute atomic E-state index is 15.0. The standard InChI is InChI=1S/C26H27F2N7/c1-14(2)34-9-8-21-16(13-34)4-7-23(31-21)32-26-29-12-20(28)24(33-26)17-10-19(27)25-22(11-17)35(15(3)30-25)18-5-6-18/h4,7,10-12,14,18H,5-6,8-9,13H2,1-3H3,(H,29,31,32,33). The normalized spacial score (nSPS) is 16.2.